The van der Waals surface area contributed by atoms with Crippen LogP contribution in [0.3, 0.4) is 0 Å². The van der Waals surface area contributed by atoms with Crippen molar-refractivity contribution in [1.29, 1.82) is 0 Å². The summed E-state index contributed by atoms with van der Waals surface area (Å²) in [7, 11) is -2.91. The number of aromatic nitrogens is 1. The van der Waals surface area contributed by atoms with Crippen molar-refractivity contribution in [2.75, 3.05) is 0 Å². The van der Waals surface area contributed by atoms with Gasteiger partial charge in [-0.3, -0.25) is 4.98 Å². The number of aliphatic carboxylic acids is 1. The molecule has 0 bridgehead atoms. The van der Waals surface area contributed by atoms with Crippen LogP contribution in [0, 0.1) is 0 Å². The third-order valence-electron chi connectivity index (χ3n) is 3.66. The number of benzene rings is 1. The number of carboxylic acid groups (broad SMARTS) is 1. The fourth-order valence-corrected chi connectivity index (χ4v) is 3.35. The van der Waals surface area contributed by atoms with Crippen LogP contribution in [0.5, 0.6) is 0 Å². The van der Waals surface area contributed by atoms with Crippen LogP contribution in [0.2, 0.25) is 0 Å². The van der Waals surface area contributed by atoms with E-state index in [4.69, 9.17) is 0 Å². The first-order valence-electron chi connectivity index (χ1n) is 6.91. The molecule has 0 spiro atoms. The Morgan fingerprint density at radius 2 is 1.91 bits per heavy atom. The van der Waals surface area contributed by atoms with Gasteiger partial charge in [-0.25, -0.2) is 4.79 Å². The molecule has 0 saturated carbocycles. The lowest BCUT2D eigenvalue weighted by molar-refractivity contribution is -0.140. The van der Waals surface area contributed by atoms with Crippen LogP contribution in [-0.4, -0.2) is 21.0 Å². The van der Waals surface area contributed by atoms with E-state index >= 15 is 0 Å². The summed E-state index contributed by atoms with van der Waals surface area (Å²) in [4.78, 5) is 25.5. The van der Waals surface area contributed by atoms with E-state index < -0.39 is 19.2 Å². The maximum absolute atomic E-state index is 11.9. The smallest absolute Gasteiger partial charge is 0.477 e. The molecule has 5 nitrogen and oxygen atoms in total. The second-order valence-electron chi connectivity index (χ2n) is 5.02. The van der Waals surface area contributed by atoms with Crippen LogP contribution in [-0.2, 0) is 20.9 Å². The zero-order valence-electron chi connectivity index (χ0n) is 11.9. The van der Waals surface area contributed by atoms with Gasteiger partial charge in [0.2, 0.25) is 0 Å². The molecule has 0 amide bonds. The van der Waals surface area contributed by atoms with E-state index in [1.807, 2.05) is 12.1 Å². The summed E-state index contributed by atoms with van der Waals surface area (Å²) < 4.78 is 11.9. The van der Waals surface area contributed by atoms with Crippen LogP contribution in [0.15, 0.2) is 54.9 Å². The van der Waals surface area contributed by atoms with E-state index in [-0.39, 0.29) is 6.42 Å². The van der Waals surface area contributed by atoms with Crippen molar-refractivity contribution in [1.82, 2.24) is 4.98 Å². The van der Waals surface area contributed by atoms with Gasteiger partial charge in [-0.1, -0.05) is 36.4 Å². The van der Waals surface area contributed by atoms with Crippen LogP contribution in [0.1, 0.15) is 24.0 Å². The van der Waals surface area contributed by atoms with Gasteiger partial charge < -0.3 is 5.11 Å². The summed E-state index contributed by atoms with van der Waals surface area (Å²) in [5.74, 6) is -1.27. The summed E-state index contributed by atoms with van der Waals surface area (Å²) in [6.45, 7) is 0. The molecule has 0 aliphatic heterocycles. The van der Waals surface area contributed by atoms with E-state index in [1.165, 1.54) is 0 Å². The monoisotopic (exact) mass is 318 g/mol. The quantitative estimate of drug-likeness (QED) is 0.766. The van der Waals surface area contributed by atoms with Crippen molar-refractivity contribution in [3.05, 3.63) is 66.0 Å². The van der Waals surface area contributed by atoms with Crippen molar-refractivity contribution in [3.63, 3.8) is 0 Å². The molecule has 0 fully saturated rings. The number of hydrogen-bond acceptors (Lipinski definition) is 3. The molecule has 2 rings (SSSR count). The highest BCUT2D eigenvalue weighted by Crippen LogP contribution is 2.48. The lowest BCUT2D eigenvalue weighted by Crippen LogP contribution is -2.32. The Morgan fingerprint density at radius 1 is 1.18 bits per heavy atom. The number of hydrogen-bond donors (Lipinski definition) is 2. The van der Waals surface area contributed by atoms with E-state index in [0.717, 1.165) is 5.56 Å². The van der Waals surface area contributed by atoms with Crippen LogP contribution in [0.25, 0.3) is 0 Å². The van der Waals surface area contributed by atoms with Gasteiger partial charge in [0.15, 0.2) is 0 Å². The zero-order valence-corrected chi connectivity index (χ0v) is 12.8. The van der Waals surface area contributed by atoms with E-state index in [2.05, 4.69) is 4.98 Å². The highest BCUT2D eigenvalue weighted by Gasteiger charge is 2.57. The van der Waals surface area contributed by atoms with Crippen molar-refractivity contribution in [2.24, 2.45) is 0 Å². The highest BCUT2D eigenvalue weighted by molar-refractivity contribution is 7.41. The van der Waals surface area contributed by atoms with Gasteiger partial charge in [0.05, 0.1) is 0 Å². The van der Waals surface area contributed by atoms with Crippen LogP contribution in [0.4, 0.5) is 0 Å². The summed E-state index contributed by atoms with van der Waals surface area (Å²) >= 11 is 0. The highest BCUT2D eigenvalue weighted by atomic mass is 31.1. The number of carbonyl (C=O) groups is 1. The van der Waals surface area contributed by atoms with E-state index in [1.54, 1.807) is 42.7 Å². The second kappa shape index (κ2) is 7.25. The Hall–Kier alpha value is -2.10. The molecule has 1 aromatic carbocycles. The Kier molecular flexibility index (Phi) is 5.36. The second-order valence-corrected chi connectivity index (χ2v) is 6.33. The zero-order chi connectivity index (χ0) is 16.0. The molecule has 1 heterocycles. The molecule has 22 heavy (non-hydrogen) atoms. The minimum atomic E-state index is -2.91. The lowest BCUT2D eigenvalue weighted by Gasteiger charge is -2.17. The fourth-order valence-electron chi connectivity index (χ4n) is 2.47. The van der Waals surface area contributed by atoms with Gasteiger partial charge in [-0.15, -0.1) is 0 Å². The third kappa shape index (κ3) is 3.38. The average molecular weight is 318 g/mol. The van der Waals surface area contributed by atoms with Gasteiger partial charge in [0.1, 0.15) is 0 Å². The fraction of sp³-hybridized carbons (Fsp3) is 0.250. The number of carboxylic acids is 1. The Balaban J connectivity index is 2.22. The molecule has 0 aliphatic rings. The molecule has 114 valence electrons. The van der Waals surface area contributed by atoms with Crippen molar-refractivity contribution >= 4 is 14.0 Å². The van der Waals surface area contributed by atoms with Crippen LogP contribution < -0.4 is 0 Å². The standard InChI is InChI=1S/C16H16NO4P/c18-15(19)16(22(20)21,14-8-2-1-3-9-14)10-4-6-13-7-5-11-17-12-13/h1-3,5,7-9,11-12H,4,6,10H2,(H-,18,19,20,21)/p+1. The molecule has 6 heteroatoms. The number of rotatable bonds is 7. The number of aryl methyl sites for hydroxylation is 1. The van der Waals surface area contributed by atoms with Gasteiger partial charge in [-0.2, -0.15) is 4.89 Å². The van der Waals surface area contributed by atoms with Crippen molar-refractivity contribution < 1.29 is 19.4 Å². The van der Waals surface area contributed by atoms with Crippen LogP contribution >= 0.6 is 8.03 Å². The van der Waals surface area contributed by atoms with E-state index in [0.29, 0.717) is 18.4 Å². The average Bonchev–Trinajstić information content (AvgIpc) is 2.53. The van der Waals surface area contributed by atoms with Crippen molar-refractivity contribution in [2.45, 2.75) is 24.4 Å². The molecule has 1 aromatic heterocycles. The summed E-state index contributed by atoms with van der Waals surface area (Å²) in [5.41, 5.74) is 1.33. The molecular formula is C16H17NO4P+. The van der Waals surface area contributed by atoms with Gasteiger partial charge >= 0.3 is 19.2 Å². The van der Waals surface area contributed by atoms with Gasteiger partial charge in [0, 0.05) is 24.4 Å². The topological polar surface area (TPSA) is 87.5 Å². The predicted molar refractivity (Wildman–Crippen MR) is 82.8 cm³/mol. The normalized spacial score (nSPS) is 14.1. The minimum Gasteiger partial charge on any atom is -0.477 e. The largest absolute Gasteiger partial charge is 0.528 e. The first-order valence-corrected chi connectivity index (χ1v) is 8.12. The summed E-state index contributed by atoms with van der Waals surface area (Å²) in [6.07, 6.45) is 4.56. The molecular weight excluding hydrogens is 301 g/mol. The Labute approximate surface area is 129 Å². The molecule has 2 aromatic rings. The van der Waals surface area contributed by atoms with Crippen molar-refractivity contribution in [3.8, 4) is 0 Å². The predicted octanol–water partition coefficient (Wildman–Crippen LogP) is 3.12. The maximum Gasteiger partial charge on any atom is 0.528 e. The molecule has 0 saturated heterocycles. The number of nitrogens with zero attached hydrogens (tertiary/aromatic N) is 1. The SMILES string of the molecule is O=C(O)C(CCCc1cccnc1)(c1ccccc1)[P+](=O)O. The van der Waals surface area contributed by atoms with Gasteiger partial charge in [-0.05, 0) is 29.0 Å². The Morgan fingerprint density at radius 3 is 2.45 bits per heavy atom. The minimum absolute atomic E-state index is 0.0902. The lowest BCUT2D eigenvalue weighted by atomic mass is 9.91. The number of pyridine rings is 1. The van der Waals surface area contributed by atoms with E-state index in [9.17, 15) is 19.4 Å². The summed E-state index contributed by atoms with van der Waals surface area (Å²) in [6, 6.07) is 12.0. The molecule has 0 radical (unpaired) electrons. The third-order valence-corrected chi connectivity index (χ3v) is 4.98. The molecule has 2 N–H and O–H groups in total. The molecule has 0 aliphatic carbocycles. The summed E-state index contributed by atoms with van der Waals surface area (Å²) in [5, 5.41) is 7.82. The first-order chi connectivity index (χ1) is 10.6. The Bertz CT molecular complexity index is 632. The maximum atomic E-state index is 11.9. The molecule has 2 atom stereocenters. The molecule has 2 unspecified atom stereocenters. The first kappa shape index (κ1) is 16.3. The van der Waals surface area contributed by atoms with Gasteiger partial charge in [0.25, 0.3) is 0 Å².